The van der Waals surface area contributed by atoms with Gasteiger partial charge < -0.3 is 4.74 Å². The molecule has 2 heteroatoms. The monoisotopic (exact) mass is 310 g/mol. The van der Waals surface area contributed by atoms with E-state index in [0.717, 1.165) is 24.7 Å². The normalized spacial score (nSPS) is 15.1. The molecule has 0 saturated carbocycles. The van der Waals surface area contributed by atoms with Crippen LogP contribution >= 0.6 is 0 Å². The highest BCUT2D eigenvalue weighted by atomic mass is 16.5. The van der Waals surface area contributed by atoms with Crippen molar-refractivity contribution in [1.29, 1.82) is 0 Å². The first-order valence-electron chi connectivity index (χ1n) is 9.22. The SMILES string of the molecule is C=C(C)C(=O)OCCCC(C)C(C)C(C)CCCCCCC. The van der Waals surface area contributed by atoms with Gasteiger partial charge in [-0.2, -0.15) is 0 Å². The van der Waals surface area contributed by atoms with Crippen LogP contribution in [0.15, 0.2) is 12.2 Å². The van der Waals surface area contributed by atoms with Crippen LogP contribution in [0.4, 0.5) is 0 Å². The highest BCUT2D eigenvalue weighted by molar-refractivity contribution is 5.86. The molecule has 0 saturated heterocycles. The molecular formula is C20H38O2. The van der Waals surface area contributed by atoms with E-state index in [0.29, 0.717) is 18.1 Å². The molecule has 0 fully saturated rings. The van der Waals surface area contributed by atoms with Crippen molar-refractivity contribution in [3.8, 4) is 0 Å². The molecule has 0 amide bonds. The third-order valence-electron chi connectivity index (χ3n) is 4.94. The number of unbranched alkanes of at least 4 members (excludes halogenated alkanes) is 4. The second kappa shape index (κ2) is 12.7. The summed E-state index contributed by atoms with van der Waals surface area (Å²) in [6.07, 6.45) is 10.3. The van der Waals surface area contributed by atoms with Crippen LogP contribution in [0.2, 0.25) is 0 Å². The lowest BCUT2D eigenvalue weighted by Gasteiger charge is -2.26. The van der Waals surface area contributed by atoms with E-state index in [2.05, 4.69) is 34.3 Å². The van der Waals surface area contributed by atoms with Crippen molar-refractivity contribution in [2.24, 2.45) is 17.8 Å². The Bertz CT molecular complexity index is 309. The van der Waals surface area contributed by atoms with Gasteiger partial charge in [-0.1, -0.05) is 72.8 Å². The highest BCUT2D eigenvalue weighted by Gasteiger charge is 2.18. The van der Waals surface area contributed by atoms with E-state index in [4.69, 9.17) is 4.74 Å². The highest BCUT2D eigenvalue weighted by Crippen LogP contribution is 2.28. The summed E-state index contributed by atoms with van der Waals surface area (Å²) in [6.45, 7) is 15.2. The summed E-state index contributed by atoms with van der Waals surface area (Å²) in [5.41, 5.74) is 0.484. The molecule has 0 spiro atoms. The largest absolute Gasteiger partial charge is 0.462 e. The van der Waals surface area contributed by atoms with E-state index in [9.17, 15) is 4.79 Å². The van der Waals surface area contributed by atoms with E-state index in [1.165, 1.54) is 38.5 Å². The first kappa shape index (κ1) is 21.2. The number of hydrogen-bond donors (Lipinski definition) is 0. The van der Waals surface area contributed by atoms with Gasteiger partial charge >= 0.3 is 5.97 Å². The summed E-state index contributed by atoms with van der Waals surface area (Å²) >= 11 is 0. The Morgan fingerprint density at radius 1 is 0.955 bits per heavy atom. The Labute approximate surface area is 138 Å². The fraction of sp³-hybridized carbons (Fsp3) is 0.850. The number of ether oxygens (including phenoxy) is 1. The van der Waals surface area contributed by atoms with E-state index >= 15 is 0 Å². The van der Waals surface area contributed by atoms with Crippen molar-refractivity contribution in [2.75, 3.05) is 6.61 Å². The molecule has 0 rings (SSSR count). The first-order valence-corrected chi connectivity index (χ1v) is 9.22. The van der Waals surface area contributed by atoms with Gasteiger partial charge in [0.25, 0.3) is 0 Å². The molecule has 0 aliphatic carbocycles. The van der Waals surface area contributed by atoms with Crippen LogP contribution in [0.5, 0.6) is 0 Å². The van der Waals surface area contributed by atoms with Crippen LogP contribution in [-0.4, -0.2) is 12.6 Å². The average molecular weight is 311 g/mol. The van der Waals surface area contributed by atoms with Crippen molar-refractivity contribution < 1.29 is 9.53 Å². The maximum absolute atomic E-state index is 11.3. The van der Waals surface area contributed by atoms with Gasteiger partial charge in [0.15, 0.2) is 0 Å². The maximum atomic E-state index is 11.3. The summed E-state index contributed by atoms with van der Waals surface area (Å²) in [7, 11) is 0. The zero-order valence-electron chi connectivity index (χ0n) is 15.6. The van der Waals surface area contributed by atoms with E-state index in [1.807, 2.05) is 0 Å². The Morgan fingerprint density at radius 2 is 1.50 bits per heavy atom. The van der Waals surface area contributed by atoms with Crippen LogP contribution in [-0.2, 0) is 9.53 Å². The number of rotatable bonds is 13. The molecular weight excluding hydrogens is 272 g/mol. The lowest BCUT2D eigenvalue weighted by atomic mass is 9.80. The standard InChI is InChI=1S/C20H38O2/c1-7-8-9-10-11-13-17(4)19(6)18(5)14-12-15-22-20(21)16(2)3/h17-19H,2,7-15H2,1,3-6H3. The first-order chi connectivity index (χ1) is 10.4. The molecule has 0 aromatic rings. The van der Waals surface area contributed by atoms with Gasteiger partial charge in [0.05, 0.1) is 6.61 Å². The molecule has 0 bridgehead atoms. The molecule has 0 aliphatic heterocycles. The minimum atomic E-state index is -0.263. The number of carbonyl (C=O) groups is 1. The van der Waals surface area contributed by atoms with Gasteiger partial charge in [-0.25, -0.2) is 4.79 Å². The van der Waals surface area contributed by atoms with Crippen molar-refractivity contribution in [1.82, 2.24) is 0 Å². The van der Waals surface area contributed by atoms with Gasteiger partial charge in [0.1, 0.15) is 0 Å². The minimum Gasteiger partial charge on any atom is -0.462 e. The van der Waals surface area contributed by atoms with Crippen LogP contribution in [0.3, 0.4) is 0 Å². The Balaban J connectivity index is 3.78. The van der Waals surface area contributed by atoms with E-state index in [1.54, 1.807) is 6.92 Å². The van der Waals surface area contributed by atoms with E-state index in [-0.39, 0.29) is 5.97 Å². The minimum absolute atomic E-state index is 0.263. The molecule has 130 valence electrons. The van der Waals surface area contributed by atoms with E-state index < -0.39 is 0 Å². The summed E-state index contributed by atoms with van der Waals surface area (Å²) in [6, 6.07) is 0. The molecule has 0 aromatic carbocycles. The quantitative estimate of drug-likeness (QED) is 0.231. The zero-order chi connectivity index (χ0) is 17.0. The molecule has 0 aromatic heterocycles. The van der Waals surface area contributed by atoms with Gasteiger partial charge in [0, 0.05) is 5.57 Å². The van der Waals surface area contributed by atoms with Crippen molar-refractivity contribution in [3.05, 3.63) is 12.2 Å². The Morgan fingerprint density at radius 3 is 2.05 bits per heavy atom. The van der Waals surface area contributed by atoms with Crippen LogP contribution in [0.25, 0.3) is 0 Å². The fourth-order valence-corrected chi connectivity index (χ4v) is 2.85. The smallest absolute Gasteiger partial charge is 0.333 e. The lowest BCUT2D eigenvalue weighted by Crippen LogP contribution is -2.17. The zero-order valence-corrected chi connectivity index (χ0v) is 15.6. The predicted octanol–water partition coefficient (Wildman–Crippen LogP) is 6.15. The number of carbonyl (C=O) groups excluding carboxylic acids is 1. The van der Waals surface area contributed by atoms with Crippen molar-refractivity contribution in [3.63, 3.8) is 0 Å². The predicted molar refractivity (Wildman–Crippen MR) is 95.9 cm³/mol. The third-order valence-corrected chi connectivity index (χ3v) is 4.94. The summed E-state index contributed by atoms with van der Waals surface area (Å²) in [4.78, 5) is 11.3. The molecule has 0 N–H and O–H groups in total. The van der Waals surface area contributed by atoms with Crippen LogP contribution in [0.1, 0.15) is 86.0 Å². The maximum Gasteiger partial charge on any atom is 0.333 e. The summed E-state index contributed by atoms with van der Waals surface area (Å²) in [5, 5.41) is 0. The Hall–Kier alpha value is -0.790. The van der Waals surface area contributed by atoms with Gasteiger partial charge in [-0.3, -0.25) is 0 Å². The summed E-state index contributed by atoms with van der Waals surface area (Å²) in [5.74, 6) is 1.95. The average Bonchev–Trinajstić information content (AvgIpc) is 2.49. The number of hydrogen-bond acceptors (Lipinski definition) is 2. The molecule has 0 heterocycles. The van der Waals surface area contributed by atoms with Crippen LogP contribution in [0, 0.1) is 17.8 Å². The second-order valence-electron chi connectivity index (χ2n) is 7.08. The molecule has 2 nitrogen and oxygen atoms in total. The third kappa shape index (κ3) is 10.0. The van der Waals surface area contributed by atoms with Crippen molar-refractivity contribution in [2.45, 2.75) is 86.0 Å². The fourth-order valence-electron chi connectivity index (χ4n) is 2.85. The molecule has 22 heavy (non-hydrogen) atoms. The van der Waals surface area contributed by atoms with Gasteiger partial charge in [-0.15, -0.1) is 0 Å². The number of esters is 1. The van der Waals surface area contributed by atoms with Crippen LogP contribution < -0.4 is 0 Å². The van der Waals surface area contributed by atoms with Gasteiger partial charge in [0.2, 0.25) is 0 Å². The topological polar surface area (TPSA) is 26.3 Å². The molecule has 3 unspecified atom stereocenters. The molecule has 0 aliphatic rings. The summed E-state index contributed by atoms with van der Waals surface area (Å²) < 4.78 is 5.16. The second-order valence-corrected chi connectivity index (χ2v) is 7.08. The van der Waals surface area contributed by atoms with Crippen molar-refractivity contribution >= 4 is 5.97 Å². The lowest BCUT2D eigenvalue weighted by molar-refractivity contribution is -0.139. The van der Waals surface area contributed by atoms with Gasteiger partial charge in [-0.05, 0) is 37.5 Å². The molecule has 0 radical (unpaired) electrons. The molecule has 3 atom stereocenters. The Kier molecular flexibility index (Phi) is 12.3.